The molecule has 0 spiro atoms. The van der Waals surface area contributed by atoms with Gasteiger partial charge in [-0.2, -0.15) is 4.98 Å². The molecule has 0 atom stereocenters. The molecule has 0 saturated heterocycles. The summed E-state index contributed by atoms with van der Waals surface area (Å²) in [5.41, 5.74) is 4.45. The molecule has 0 unspecified atom stereocenters. The Labute approximate surface area is 206 Å². The second-order valence-electron chi connectivity index (χ2n) is 8.86. The van der Waals surface area contributed by atoms with Crippen LogP contribution < -0.4 is 0 Å². The Bertz CT molecular complexity index is 1250. The fraction of sp³-hybridized carbons (Fsp3) is 0.161. The van der Waals surface area contributed by atoms with E-state index in [9.17, 15) is 0 Å². The summed E-state index contributed by atoms with van der Waals surface area (Å²) in [5.74, 6) is 1.46. The van der Waals surface area contributed by atoms with E-state index in [1.54, 1.807) is 0 Å². The zero-order valence-electron chi connectivity index (χ0n) is 20.0. The molecule has 35 heavy (non-hydrogen) atoms. The highest BCUT2D eigenvalue weighted by Gasteiger charge is 2.38. The van der Waals surface area contributed by atoms with Gasteiger partial charge >= 0.3 is 0 Å². The summed E-state index contributed by atoms with van der Waals surface area (Å²) in [7, 11) is 0. The van der Waals surface area contributed by atoms with Gasteiger partial charge in [0.05, 0.1) is 0 Å². The van der Waals surface area contributed by atoms with Crippen molar-refractivity contribution in [3.8, 4) is 11.4 Å². The van der Waals surface area contributed by atoms with Gasteiger partial charge < -0.3 is 9.26 Å². The SMILES string of the molecule is CC(C)c1ccc(-c2noc(COC(c3ccccc3)(c3ccccc3)c3ccccc3)n2)cc1. The summed E-state index contributed by atoms with van der Waals surface area (Å²) in [6, 6.07) is 39.1. The van der Waals surface area contributed by atoms with Gasteiger partial charge in [-0.1, -0.05) is 134 Å². The van der Waals surface area contributed by atoms with Gasteiger partial charge in [0.1, 0.15) is 12.2 Å². The Balaban J connectivity index is 1.51. The van der Waals surface area contributed by atoms with Gasteiger partial charge in [0, 0.05) is 5.56 Å². The van der Waals surface area contributed by atoms with E-state index in [0.717, 1.165) is 22.3 Å². The van der Waals surface area contributed by atoms with Gasteiger partial charge in [-0.15, -0.1) is 0 Å². The highest BCUT2D eigenvalue weighted by molar-refractivity contribution is 5.55. The second-order valence-corrected chi connectivity index (χ2v) is 8.86. The van der Waals surface area contributed by atoms with E-state index in [-0.39, 0.29) is 6.61 Å². The van der Waals surface area contributed by atoms with Crippen LogP contribution in [0.3, 0.4) is 0 Å². The van der Waals surface area contributed by atoms with Crippen molar-refractivity contribution in [1.29, 1.82) is 0 Å². The Hall–Kier alpha value is -4.02. The molecule has 4 nitrogen and oxygen atoms in total. The number of hydrogen-bond donors (Lipinski definition) is 0. The predicted octanol–water partition coefficient (Wildman–Crippen LogP) is 7.37. The Morgan fingerprint density at radius 1 is 0.686 bits per heavy atom. The maximum atomic E-state index is 6.78. The molecule has 4 aromatic carbocycles. The van der Waals surface area contributed by atoms with Crippen LogP contribution in [0.5, 0.6) is 0 Å². The highest BCUT2D eigenvalue weighted by atomic mass is 16.5. The van der Waals surface area contributed by atoms with E-state index in [1.807, 2.05) is 66.7 Å². The van der Waals surface area contributed by atoms with Crippen molar-refractivity contribution >= 4 is 0 Å². The van der Waals surface area contributed by atoms with Gasteiger partial charge in [-0.05, 0) is 28.2 Å². The largest absolute Gasteiger partial charge is 0.351 e. The number of hydrogen-bond acceptors (Lipinski definition) is 4. The van der Waals surface area contributed by atoms with Crippen LogP contribution in [-0.2, 0) is 16.9 Å². The second kappa shape index (κ2) is 10.1. The summed E-state index contributed by atoms with van der Waals surface area (Å²) >= 11 is 0. The van der Waals surface area contributed by atoms with Crippen LogP contribution in [0.1, 0.15) is 47.9 Å². The van der Waals surface area contributed by atoms with Crippen molar-refractivity contribution < 1.29 is 9.26 Å². The molecule has 0 saturated carbocycles. The van der Waals surface area contributed by atoms with E-state index < -0.39 is 5.60 Å². The number of aromatic nitrogens is 2. The average Bonchev–Trinajstić information content (AvgIpc) is 3.40. The molecule has 5 rings (SSSR count). The van der Waals surface area contributed by atoms with Crippen LogP contribution in [0.4, 0.5) is 0 Å². The average molecular weight is 461 g/mol. The molecule has 1 heterocycles. The molecule has 0 fully saturated rings. The van der Waals surface area contributed by atoms with Crippen LogP contribution in [0.25, 0.3) is 11.4 Å². The maximum absolute atomic E-state index is 6.78. The fourth-order valence-electron chi connectivity index (χ4n) is 4.39. The molecule has 4 heteroatoms. The number of benzene rings is 4. The topological polar surface area (TPSA) is 48.2 Å². The van der Waals surface area contributed by atoms with Gasteiger partial charge in [0.25, 0.3) is 5.89 Å². The van der Waals surface area contributed by atoms with Crippen molar-refractivity contribution in [3.63, 3.8) is 0 Å². The molecule has 0 aliphatic heterocycles. The van der Waals surface area contributed by atoms with Gasteiger partial charge in [0.2, 0.25) is 5.82 Å². The third-order valence-corrected chi connectivity index (χ3v) is 6.26. The van der Waals surface area contributed by atoms with Crippen LogP contribution in [0.15, 0.2) is 120 Å². The van der Waals surface area contributed by atoms with Gasteiger partial charge in [0.15, 0.2) is 0 Å². The molecule has 0 aliphatic carbocycles. The molecule has 0 N–H and O–H groups in total. The van der Waals surface area contributed by atoms with Crippen LogP contribution in [-0.4, -0.2) is 10.1 Å². The monoisotopic (exact) mass is 460 g/mol. The van der Waals surface area contributed by atoms with Crippen molar-refractivity contribution in [1.82, 2.24) is 10.1 Å². The molecule has 0 amide bonds. The first kappa shape index (κ1) is 22.8. The first-order chi connectivity index (χ1) is 17.2. The van der Waals surface area contributed by atoms with Crippen molar-refractivity contribution in [2.75, 3.05) is 0 Å². The lowest BCUT2D eigenvalue weighted by Gasteiger charge is -2.35. The molecular formula is C31H28N2O2. The lowest BCUT2D eigenvalue weighted by atomic mass is 9.80. The first-order valence-corrected chi connectivity index (χ1v) is 11.9. The summed E-state index contributed by atoms with van der Waals surface area (Å²) in [4.78, 5) is 4.64. The van der Waals surface area contributed by atoms with Crippen LogP contribution >= 0.6 is 0 Å². The molecular weight excluding hydrogens is 432 g/mol. The predicted molar refractivity (Wildman–Crippen MR) is 138 cm³/mol. The molecule has 1 aromatic heterocycles. The first-order valence-electron chi connectivity index (χ1n) is 11.9. The van der Waals surface area contributed by atoms with Crippen molar-refractivity contribution in [2.24, 2.45) is 0 Å². The quantitative estimate of drug-likeness (QED) is 0.227. The molecule has 174 valence electrons. The molecule has 0 radical (unpaired) electrons. The summed E-state index contributed by atoms with van der Waals surface area (Å²) in [6.45, 7) is 4.52. The van der Waals surface area contributed by atoms with Crippen LogP contribution in [0, 0.1) is 0 Å². The minimum atomic E-state index is -0.836. The minimum absolute atomic E-state index is 0.162. The van der Waals surface area contributed by atoms with E-state index in [1.165, 1.54) is 5.56 Å². The van der Waals surface area contributed by atoms with E-state index >= 15 is 0 Å². The lowest BCUT2D eigenvalue weighted by Crippen LogP contribution is -2.32. The standard InChI is InChI=1S/C31H28N2O2/c1-23(2)24-18-20-25(21-19-24)30-32-29(35-33-30)22-34-31(26-12-6-3-7-13-26,27-14-8-4-9-15-27)28-16-10-5-11-17-28/h3-21,23H,22H2,1-2H3. The van der Waals surface area contributed by atoms with Gasteiger partial charge in [-0.3, -0.25) is 0 Å². The minimum Gasteiger partial charge on any atom is -0.351 e. The van der Waals surface area contributed by atoms with Gasteiger partial charge in [-0.25, -0.2) is 0 Å². The highest BCUT2D eigenvalue weighted by Crippen LogP contribution is 2.41. The normalized spacial score (nSPS) is 11.6. The Kier molecular flexibility index (Phi) is 6.55. The van der Waals surface area contributed by atoms with E-state index in [2.05, 4.69) is 72.5 Å². The van der Waals surface area contributed by atoms with Crippen molar-refractivity contribution in [2.45, 2.75) is 32.0 Å². The van der Waals surface area contributed by atoms with E-state index in [4.69, 9.17) is 9.26 Å². The summed E-state index contributed by atoms with van der Waals surface area (Å²) in [6.07, 6.45) is 0. The Morgan fingerprint density at radius 3 is 1.63 bits per heavy atom. The summed E-state index contributed by atoms with van der Waals surface area (Å²) in [5, 5.41) is 4.21. The van der Waals surface area contributed by atoms with Crippen LogP contribution in [0.2, 0.25) is 0 Å². The smallest absolute Gasteiger partial charge is 0.253 e. The third-order valence-electron chi connectivity index (χ3n) is 6.26. The maximum Gasteiger partial charge on any atom is 0.253 e. The number of rotatable bonds is 8. The zero-order valence-corrected chi connectivity index (χ0v) is 20.0. The Morgan fingerprint density at radius 2 is 1.17 bits per heavy atom. The fourth-order valence-corrected chi connectivity index (χ4v) is 4.39. The van der Waals surface area contributed by atoms with Crippen molar-refractivity contribution in [3.05, 3.63) is 143 Å². The van der Waals surface area contributed by atoms with E-state index in [0.29, 0.717) is 17.6 Å². The third kappa shape index (κ3) is 4.66. The molecule has 5 aromatic rings. The molecule has 0 aliphatic rings. The lowest BCUT2D eigenvalue weighted by molar-refractivity contribution is -0.0120. The number of nitrogens with zero attached hydrogens (tertiary/aromatic N) is 2. The summed E-state index contributed by atoms with van der Waals surface area (Å²) < 4.78 is 12.4. The number of ether oxygens (including phenoxy) is 1. The molecule has 0 bridgehead atoms. The zero-order chi connectivity index (χ0) is 24.1.